The Labute approximate surface area is 125 Å². The zero-order chi connectivity index (χ0) is 13.8. The lowest BCUT2D eigenvalue weighted by Crippen LogP contribution is -2.01. The van der Waals surface area contributed by atoms with Crippen molar-refractivity contribution < 1.29 is 9.84 Å². The molecule has 0 saturated heterocycles. The number of nitrogens with zero attached hydrogens (tertiary/aromatic N) is 1. The van der Waals surface area contributed by atoms with E-state index in [0.717, 1.165) is 15.6 Å². The van der Waals surface area contributed by atoms with E-state index in [-0.39, 0.29) is 0 Å². The first-order chi connectivity index (χ1) is 9.08. The molecule has 0 aliphatic rings. The molecule has 0 radical (unpaired) electrons. The van der Waals surface area contributed by atoms with Crippen molar-refractivity contribution in [2.45, 2.75) is 19.6 Å². The maximum Gasteiger partial charge on any atom is 0.125 e. The molecular weight excluding hydrogens is 330 g/mol. The third-order valence-electron chi connectivity index (χ3n) is 2.66. The van der Waals surface area contributed by atoms with Crippen LogP contribution < -0.4 is 4.74 Å². The number of hydrogen-bond acceptors (Lipinski definition) is 3. The summed E-state index contributed by atoms with van der Waals surface area (Å²) in [6.45, 7) is 2.04. The van der Waals surface area contributed by atoms with Crippen molar-refractivity contribution in [3.8, 4) is 5.75 Å². The number of halogens is 2. The highest BCUT2D eigenvalue weighted by molar-refractivity contribution is 9.10. The van der Waals surface area contributed by atoms with Gasteiger partial charge in [-0.25, -0.2) is 0 Å². The van der Waals surface area contributed by atoms with Gasteiger partial charge >= 0.3 is 0 Å². The highest BCUT2D eigenvalue weighted by Gasteiger charge is 2.10. The van der Waals surface area contributed by atoms with Crippen molar-refractivity contribution in [1.29, 1.82) is 0 Å². The maximum atomic E-state index is 9.74. The minimum atomic E-state index is -0.597. The van der Waals surface area contributed by atoms with Crippen molar-refractivity contribution >= 4 is 27.5 Å². The molecule has 0 bridgehead atoms. The van der Waals surface area contributed by atoms with E-state index in [1.807, 2.05) is 24.3 Å². The molecule has 1 N–H and O–H groups in total. The lowest BCUT2D eigenvalue weighted by molar-refractivity contribution is 0.190. The second kappa shape index (κ2) is 6.37. The molecule has 19 heavy (non-hydrogen) atoms. The first kappa shape index (κ1) is 14.3. The summed E-state index contributed by atoms with van der Waals surface area (Å²) in [7, 11) is 0. The van der Waals surface area contributed by atoms with Crippen molar-refractivity contribution in [3.63, 3.8) is 0 Å². The number of aliphatic hydroxyl groups excluding tert-OH is 1. The lowest BCUT2D eigenvalue weighted by Gasteiger charge is -2.14. The topological polar surface area (TPSA) is 42.4 Å². The summed E-state index contributed by atoms with van der Waals surface area (Å²) in [4.78, 5) is 3.92. The lowest BCUT2D eigenvalue weighted by atomic mass is 10.1. The predicted molar refractivity (Wildman–Crippen MR) is 78.4 cm³/mol. The first-order valence-electron chi connectivity index (χ1n) is 5.76. The summed E-state index contributed by atoms with van der Waals surface area (Å²) in [5.74, 6) is 0.645. The highest BCUT2D eigenvalue weighted by Crippen LogP contribution is 2.29. The van der Waals surface area contributed by atoms with Crippen LogP contribution in [-0.4, -0.2) is 10.1 Å². The summed E-state index contributed by atoms with van der Waals surface area (Å²) >= 11 is 9.39. The zero-order valence-electron chi connectivity index (χ0n) is 10.3. The van der Waals surface area contributed by atoms with Crippen LogP contribution in [0, 0.1) is 0 Å². The molecule has 2 rings (SSSR count). The average molecular weight is 343 g/mol. The van der Waals surface area contributed by atoms with Crippen LogP contribution in [0.1, 0.15) is 24.2 Å². The number of hydrogen-bond donors (Lipinski definition) is 1. The molecule has 100 valence electrons. The number of pyridine rings is 1. The van der Waals surface area contributed by atoms with Gasteiger partial charge in [0.2, 0.25) is 0 Å². The molecule has 0 amide bonds. The van der Waals surface area contributed by atoms with E-state index in [0.29, 0.717) is 17.4 Å². The van der Waals surface area contributed by atoms with Crippen molar-refractivity contribution in [1.82, 2.24) is 4.98 Å². The van der Waals surface area contributed by atoms with E-state index in [2.05, 4.69) is 20.9 Å². The van der Waals surface area contributed by atoms with Crippen LogP contribution in [0.4, 0.5) is 0 Å². The molecule has 1 atom stereocenters. The van der Waals surface area contributed by atoms with Gasteiger partial charge in [0.05, 0.1) is 11.1 Å². The SMILES string of the molecule is C[C@@H](O)c1cc(Br)ccc1OCc1ccncc1Cl. The van der Waals surface area contributed by atoms with Gasteiger partial charge in [0.25, 0.3) is 0 Å². The van der Waals surface area contributed by atoms with Gasteiger partial charge in [0, 0.05) is 28.0 Å². The van der Waals surface area contributed by atoms with Crippen LogP contribution in [0.15, 0.2) is 41.1 Å². The highest BCUT2D eigenvalue weighted by atomic mass is 79.9. The van der Waals surface area contributed by atoms with Crippen LogP contribution in [0.3, 0.4) is 0 Å². The Morgan fingerprint density at radius 3 is 2.89 bits per heavy atom. The molecule has 0 saturated carbocycles. The quantitative estimate of drug-likeness (QED) is 0.908. The summed E-state index contributed by atoms with van der Waals surface area (Å²) in [5.41, 5.74) is 1.59. The number of aromatic nitrogens is 1. The van der Waals surface area contributed by atoms with Gasteiger partial charge in [-0.3, -0.25) is 4.98 Å². The molecule has 0 unspecified atom stereocenters. The third kappa shape index (κ3) is 3.69. The summed E-state index contributed by atoms with van der Waals surface area (Å²) in [5, 5.41) is 10.3. The molecule has 0 fully saturated rings. The number of benzene rings is 1. The van der Waals surface area contributed by atoms with Crippen molar-refractivity contribution in [2.24, 2.45) is 0 Å². The van der Waals surface area contributed by atoms with Gasteiger partial charge in [-0.1, -0.05) is 27.5 Å². The van der Waals surface area contributed by atoms with Crippen LogP contribution in [-0.2, 0) is 6.61 Å². The summed E-state index contributed by atoms with van der Waals surface area (Å²) in [6, 6.07) is 7.34. The van der Waals surface area contributed by atoms with E-state index in [9.17, 15) is 5.11 Å². The minimum absolute atomic E-state index is 0.336. The smallest absolute Gasteiger partial charge is 0.125 e. The van der Waals surface area contributed by atoms with Crippen LogP contribution in [0.25, 0.3) is 0 Å². The van der Waals surface area contributed by atoms with Gasteiger partial charge in [-0.05, 0) is 31.2 Å². The molecule has 1 aromatic carbocycles. The van der Waals surface area contributed by atoms with E-state index in [4.69, 9.17) is 16.3 Å². The normalized spacial score (nSPS) is 12.2. The standard InChI is InChI=1S/C14H13BrClNO2/c1-9(18)12-6-11(15)2-3-14(12)19-8-10-4-5-17-7-13(10)16/h2-7,9,18H,8H2,1H3/t9-/m1/s1. The Bertz CT molecular complexity index is 575. The fourth-order valence-electron chi connectivity index (χ4n) is 1.65. The minimum Gasteiger partial charge on any atom is -0.488 e. The first-order valence-corrected chi connectivity index (χ1v) is 6.93. The second-order valence-corrected chi connectivity index (χ2v) is 5.44. The molecular formula is C14H13BrClNO2. The number of aliphatic hydroxyl groups is 1. The fourth-order valence-corrected chi connectivity index (χ4v) is 2.21. The Balaban J connectivity index is 2.18. The Morgan fingerprint density at radius 2 is 2.21 bits per heavy atom. The van der Waals surface area contributed by atoms with E-state index < -0.39 is 6.10 Å². The number of rotatable bonds is 4. The van der Waals surface area contributed by atoms with Gasteiger partial charge in [0.1, 0.15) is 12.4 Å². The Hall–Kier alpha value is -1.10. The van der Waals surface area contributed by atoms with Gasteiger partial charge in [0.15, 0.2) is 0 Å². The largest absolute Gasteiger partial charge is 0.488 e. The zero-order valence-corrected chi connectivity index (χ0v) is 12.6. The Morgan fingerprint density at radius 1 is 1.42 bits per heavy atom. The van der Waals surface area contributed by atoms with E-state index in [1.54, 1.807) is 19.3 Å². The summed E-state index contributed by atoms with van der Waals surface area (Å²) < 4.78 is 6.63. The van der Waals surface area contributed by atoms with Crippen LogP contribution >= 0.6 is 27.5 Å². The molecule has 2 aromatic rings. The van der Waals surface area contributed by atoms with Crippen LogP contribution in [0.2, 0.25) is 5.02 Å². The molecule has 1 aromatic heterocycles. The maximum absolute atomic E-state index is 9.74. The fraction of sp³-hybridized carbons (Fsp3) is 0.214. The van der Waals surface area contributed by atoms with Gasteiger partial charge in [-0.15, -0.1) is 0 Å². The monoisotopic (exact) mass is 341 g/mol. The summed E-state index contributed by atoms with van der Waals surface area (Å²) in [6.07, 6.45) is 2.65. The van der Waals surface area contributed by atoms with Crippen molar-refractivity contribution in [3.05, 3.63) is 57.3 Å². The van der Waals surface area contributed by atoms with Gasteiger partial charge in [-0.2, -0.15) is 0 Å². The molecule has 0 aliphatic carbocycles. The Kier molecular flexibility index (Phi) is 4.80. The molecule has 1 heterocycles. The number of ether oxygens (including phenoxy) is 1. The molecule has 3 nitrogen and oxygen atoms in total. The second-order valence-electron chi connectivity index (χ2n) is 4.11. The predicted octanol–water partition coefficient (Wildman–Crippen LogP) is 4.13. The van der Waals surface area contributed by atoms with E-state index >= 15 is 0 Å². The molecule has 0 spiro atoms. The third-order valence-corrected chi connectivity index (χ3v) is 3.50. The van der Waals surface area contributed by atoms with Gasteiger partial charge < -0.3 is 9.84 Å². The average Bonchev–Trinajstić information content (AvgIpc) is 2.38. The molecule has 5 heteroatoms. The van der Waals surface area contributed by atoms with E-state index in [1.165, 1.54) is 0 Å². The molecule has 0 aliphatic heterocycles. The van der Waals surface area contributed by atoms with Crippen LogP contribution in [0.5, 0.6) is 5.75 Å². The van der Waals surface area contributed by atoms with Crippen molar-refractivity contribution in [2.75, 3.05) is 0 Å².